The zero-order valence-corrected chi connectivity index (χ0v) is 19.7. The van der Waals surface area contributed by atoms with Crippen LogP contribution in [-0.2, 0) is 40.6 Å². The number of para-hydroxylation sites is 1. The van der Waals surface area contributed by atoms with Gasteiger partial charge in [0.1, 0.15) is 0 Å². The third kappa shape index (κ3) is 6.06. The Hall–Kier alpha value is -1.95. The maximum absolute atomic E-state index is 13.3. The first-order valence-electron chi connectivity index (χ1n) is 9.52. The quantitative estimate of drug-likeness (QED) is 0.541. The summed E-state index contributed by atoms with van der Waals surface area (Å²) in [5.41, 5.74) is 1.28. The van der Waals surface area contributed by atoms with Gasteiger partial charge in [-0.3, -0.25) is 4.18 Å². The molecule has 0 amide bonds. The lowest BCUT2D eigenvalue weighted by molar-refractivity contribution is 0.311. The predicted octanol–water partition coefficient (Wildman–Crippen LogP) is 1.63. The summed E-state index contributed by atoms with van der Waals surface area (Å²) in [6.45, 7) is 0.217. The van der Waals surface area contributed by atoms with E-state index in [9.17, 15) is 25.3 Å². The topological polar surface area (TPSA) is 115 Å². The highest BCUT2D eigenvalue weighted by atomic mass is 32.2. The summed E-state index contributed by atoms with van der Waals surface area (Å²) < 4.78 is 78.2. The third-order valence-electron chi connectivity index (χ3n) is 5.23. The summed E-state index contributed by atoms with van der Waals surface area (Å²) in [6.07, 6.45) is 2.08. The molecule has 0 aromatic heterocycles. The second-order valence-corrected chi connectivity index (χ2v) is 13.9. The zero-order valence-electron chi connectivity index (χ0n) is 17.2. The number of hydrogen-bond acceptors (Lipinski definition) is 8. The van der Waals surface area contributed by atoms with Crippen molar-refractivity contribution in [2.24, 2.45) is 0 Å². The SMILES string of the molecule is CS(=O)(=O)OCc1ccc(S(=O)(=O)[C@H]2C[C@@H](S(C)(=O)=O)CN(c3ccccc3)C2)cc1. The highest BCUT2D eigenvalue weighted by Gasteiger charge is 2.40. The smallest absolute Gasteiger partial charge is 0.264 e. The van der Waals surface area contributed by atoms with Crippen molar-refractivity contribution >= 4 is 35.5 Å². The molecule has 1 heterocycles. The van der Waals surface area contributed by atoms with Crippen LogP contribution < -0.4 is 4.90 Å². The van der Waals surface area contributed by atoms with E-state index in [0.29, 0.717) is 5.56 Å². The first-order valence-corrected chi connectivity index (χ1v) is 14.8. The molecule has 3 rings (SSSR count). The maximum atomic E-state index is 13.3. The van der Waals surface area contributed by atoms with E-state index in [4.69, 9.17) is 4.18 Å². The van der Waals surface area contributed by atoms with Crippen molar-refractivity contribution in [3.05, 3.63) is 60.2 Å². The highest BCUT2D eigenvalue weighted by Crippen LogP contribution is 2.30. The second-order valence-electron chi connectivity index (χ2n) is 7.71. The Balaban J connectivity index is 1.87. The average Bonchev–Trinajstić information content (AvgIpc) is 2.72. The molecule has 0 bridgehead atoms. The Kier molecular flexibility index (Phi) is 6.80. The fourth-order valence-electron chi connectivity index (χ4n) is 3.54. The molecule has 0 unspecified atom stereocenters. The van der Waals surface area contributed by atoms with Crippen LogP contribution in [-0.4, -0.2) is 61.4 Å². The molecule has 2 aromatic carbocycles. The van der Waals surface area contributed by atoms with Crippen LogP contribution in [0.3, 0.4) is 0 Å². The van der Waals surface area contributed by atoms with E-state index in [1.54, 1.807) is 4.90 Å². The molecule has 8 nitrogen and oxygen atoms in total. The highest BCUT2D eigenvalue weighted by molar-refractivity contribution is 7.92. The van der Waals surface area contributed by atoms with Crippen LogP contribution in [0.4, 0.5) is 5.69 Å². The molecule has 11 heteroatoms. The molecular formula is C20H25NO7S3. The van der Waals surface area contributed by atoms with Gasteiger partial charge in [0.25, 0.3) is 10.1 Å². The number of sulfone groups is 2. The van der Waals surface area contributed by atoms with E-state index in [1.165, 1.54) is 24.3 Å². The van der Waals surface area contributed by atoms with Gasteiger partial charge >= 0.3 is 0 Å². The number of rotatable bonds is 7. The van der Waals surface area contributed by atoms with Gasteiger partial charge in [-0.1, -0.05) is 30.3 Å². The van der Waals surface area contributed by atoms with Crippen LogP contribution in [0.1, 0.15) is 12.0 Å². The molecule has 0 aliphatic carbocycles. The van der Waals surface area contributed by atoms with Crippen LogP contribution in [0.5, 0.6) is 0 Å². The van der Waals surface area contributed by atoms with Gasteiger partial charge in [0.05, 0.1) is 28.3 Å². The first-order chi connectivity index (χ1) is 14.4. The lowest BCUT2D eigenvalue weighted by atomic mass is 10.1. The summed E-state index contributed by atoms with van der Waals surface area (Å²) in [5, 5.41) is -1.71. The number of benzene rings is 2. The van der Waals surface area contributed by atoms with Crippen molar-refractivity contribution in [3.63, 3.8) is 0 Å². The summed E-state index contributed by atoms with van der Waals surface area (Å²) >= 11 is 0. The maximum Gasteiger partial charge on any atom is 0.264 e. The van der Waals surface area contributed by atoms with Crippen molar-refractivity contribution in [3.8, 4) is 0 Å². The predicted molar refractivity (Wildman–Crippen MR) is 119 cm³/mol. The Morgan fingerprint density at radius 3 is 1.97 bits per heavy atom. The van der Waals surface area contributed by atoms with Gasteiger partial charge < -0.3 is 4.90 Å². The van der Waals surface area contributed by atoms with Crippen LogP contribution in [0, 0.1) is 0 Å². The van der Waals surface area contributed by atoms with Crippen molar-refractivity contribution in [1.29, 1.82) is 0 Å². The van der Waals surface area contributed by atoms with Crippen molar-refractivity contribution in [2.45, 2.75) is 28.4 Å². The number of anilines is 1. The van der Waals surface area contributed by atoms with Crippen molar-refractivity contribution in [2.75, 3.05) is 30.5 Å². The van der Waals surface area contributed by atoms with E-state index in [0.717, 1.165) is 18.2 Å². The third-order valence-corrected chi connectivity index (χ3v) is 9.48. The molecule has 31 heavy (non-hydrogen) atoms. The van der Waals surface area contributed by atoms with Gasteiger partial charge in [-0.05, 0) is 36.2 Å². The van der Waals surface area contributed by atoms with Crippen LogP contribution in [0.15, 0.2) is 59.5 Å². The molecule has 1 fully saturated rings. The van der Waals surface area contributed by atoms with Gasteiger partial charge in [0.15, 0.2) is 19.7 Å². The number of nitrogens with zero attached hydrogens (tertiary/aromatic N) is 1. The van der Waals surface area contributed by atoms with Gasteiger partial charge in [0.2, 0.25) is 0 Å². The van der Waals surface area contributed by atoms with Gasteiger partial charge in [-0.25, -0.2) is 16.8 Å². The lowest BCUT2D eigenvalue weighted by Gasteiger charge is -2.38. The molecule has 0 saturated carbocycles. The van der Waals surface area contributed by atoms with E-state index in [2.05, 4.69) is 0 Å². The summed E-state index contributed by atoms with van der Waals surface area (Å²) in [5.74, 6) is 0. The Labute approximate surface area is 183 Å². The van der Waals surface area contributed by atoms with E-state index >= 15 is 0 Å². The van der Waals surface area contributed by atoms with E-state index in [1.807, 2.05) is 30.3 Å². The van der Waals surface area contributed by atoms with Crippen LogP contribution in [0.25, 0.3) is 0 Å². The molecule has 1 saturated heterocycles. The average molecular weight is 488 g/mol. The second kappa shape index (κ2) is 8.89. The van der Waals surface area contributed by atoms with E-state index < -0.39 is 40.3 Å². The van der Waals surface area contributed by atoms with Gasteiger partial charge in [-0.2, -0.15) is 8.42 Å². The monoisotopic (exact) mass is 487 g/mol. The standard InChI is InChI=1S/C20H25NO7S3/c1-29(22,23)19-12-20(14-21(13-19)17-6-4-3-5-7-17)31(26,27)18-10-8-16(9-11-18)15-28-30(2,24)25/h3-11,19-20H,12-15H2,1-2H3/t19-,20+/m1/s1. The van der Waals surface area contributed by atoms with Crippen molar-refractivity contribution in [1.82, 2.24) is 0 Å². The Bertz CT molecular complexity index is 1220. The Morgan fingerprint density at radius 2 is 1.42 bits per heavy atom. The molecule has 1 aliphatic rings. The molecule has 2 atom stereocenters. The molecular weight excluding hydrogens is 462 g/mol. The zero-order chi connectivity index (χ0) is 22.9. The Morgan fingerprint density at radius 1 is 0.839 bits per heavy atom. The molecule has 1 aliphatic heterocycles. The molecule has 170 valence electrons. The fourth-order valence-corrected chi connectivity index (χ4v) is 6.80. The van der Waals surface area contributed by atoms with Crippen LogP contribution >= 0.6 is 0 Å². The van der Waals surface area contributed by atoms with Crippen molar-refractivity contribution < 1.29 is 29.4 Å². The number of piperidine rings is 1. The lowest BCUT2D eigenvalue weighted by Crippen LogP contribution is -2.51. The minimum absolute atomic E-state index is 0.0173. The summed E-state index contributed by atoms with van der Waals surface area (Å²) in [4.78, 5) is 1.86. The number of hydrogen-bond donors (Lipinski definition) is 0. The van der Waals surface area contributed by atoms with Gasteiger partial charge in [0, 0.05) is 25.0 Å². The minimum Gasteiger partial charge on any atom is -0.369 e. The minimum atomic E-state index is -3.82. The summed E-state index contributed by atoms with van der Waals surface area (Å²) in [7, 11) is -10.9. The molecule has 2 aromatic rings. The first kappa shape index (κ1) is 23.7. The van der Waals surface area contributed by atoms with E-state index in [-0.39, 0.29) is 31.0 Å². The molecule has 0 spiro atoms. The fraction of sp³-hybridized carbons (Fsp3) is 0.400. The molecule has 0 radical (unpaired) electrons. The normalized spacial score (nSPS) is 20.5. The summed E-state index contributed by atoms with van der Waals surface area (Å²) in [6, 6.07) is 14.9. The molecule has 0 N–H and O–H groups in total. The van der Waals surface area contributed by atoms with Gasteiger partial charge in [-0.15, -0.1) is 0 Å². The van der Waals surface area contributed by atoms with Crippen LogP contribution in [0.2, 0.25) is 0 Å². The largest absolute Gasteiger partial charge is 0.369 e.